The van der Waals surface area contributed by atoms with Gasteiger partial charge in [0.05, 0.1) is 5.56 Å². The molecule has 0 aliphatic carbocycles. The highest BCUT2D eigenvalue weighted by Gasteiger charge is 2.15. The van der Waals surface area contributed by atoms with E-state index in [1.165, 1.54) is 16.9 Å². The SMILES string of the molecule is Cc1cc(C(=O)Nc2nnc(SC/C=C/c3ccccc3)s2)c(C)o1. The van der Waals surface area contributed by atoms with Gasteiger partial charge in [-0.2, -0.15) is 0 Å². The van der Waals surface area contributed by atoms with Crippen LogP contribution in [0.1, 0.15) is 27.4 Å². The molecule has 0 saturated carbocycles. The van der Waals surface area contributed by atoms with Gasteiger partial charge in [-0.15, -0.1) is 10.2 Å². The van der Waals surface area contributed by atoms with E-state index in [2.05, 4.69) is 39.8 Å². The molecule has 128 valence electrons. The van der Waals surface area contributed by atoms with Gasteiger partial charge in [0.2, 0.25) is 5.13 Å². The Hall–Kier alpha value is -2.38. The molecule has 2 heterocycles. The summed E-state index contributed by atoms with van der Waals surface area (Å²) in [6, 6.07) is 11.8. The Morgan fingerprint density at radius 1 is 1.28 bits per heavy atom. The number of amides is 1. The number of aryl methyl sites for hydroxylation is 2. The van der Waals surface area contributed by atoms with Crippen molar-refractivity contribution in [1.29, 1.82) is 0 Å². The molecule has 1 amide bonds. The van der Waals surface area contributed by atoms with Gasteiger partial charge in [-0.1, -0.05) is 65.6 Å². The van der Waals surface area contributed by atoms with Crippen LogP contribution in [0.25, 0.3) is 6.08 Å². The molecule has 0 bridgehead atoms. The molecule has 7 heteroatoms. The lowest BCUT2D eigenvalue weighted by atomic mass is 10.2. The van der Waals surface area contributed by atoms with Crippen molar-refractivity contribution in [2.75, 3.05) is 11.1 Å². The van der Waals surface area contributed by atoms with E-state index in [4.69, 9.17) is 4.42 Å². The Morgan fingerprint density at radius 2 is 2.08 bits per heavy atom. The van der Waals surface area contributed by atoms with Gasteiger partial charge in [-0.25, -0.2) is 0 Å². The molecule has 0 aliphatic rings. The first-order chi connectivity index (χ1) is 12.1. The summed E-state index contributed by atoms with van der Waals surface area (Å²) in [5, 5.41) is 11.4. The average Bonchev–Trinajstić information content (AvgIpc) is 3.18. The maximum absolute atomic E-state index is 12.2. The van der Waals surface area contributed by atoms with Crippen molar-refractivity contribution in [3.8, 4) is 0 Å². The van der Waals surface area contributed by atoms with Gasteiger partial charge in [0.1, 0.15) is 11.5 Å². The zero-order valence-electron chi connectivity index (χ0n) is 13.9. The van der Waals surface area contributed by atoms with Crippen LogP contribution in [-0.2, 0) is 0 Å². The summed E-state index contributed by atoms with van der Waals surface area (Å²) in [7, 11) is 0. The fraction of sp³-hybridized carbons (Fsp3) is 0.167. The third-order valence-corrected chi connectivity index (χ3v) is 5.25. The van der Waals surface area contributed by atoms with E-state index in [1.807, 2.05) is 25.1 Å². The molecular formula is C18H17N3O2S2. The Balaban J connectivity index is 1.53. The summed E-state index contributed by atoms with van der Waals surface area (Å²) in [6.45, 7) is 3.58. The lowest BCUT2D eigenvalue weighted by molar-refractivity contribution is 0.102. The van der Waals surface area contributed by atoms with Crippen LogP contribution < -0.4 is 5.32 Å². The molecule has 0 fully saturated rings. The number of nitrogens with one attached hydrogen (secondary N) is 1. The van der Waals surface area contributed by atoms with Crippen molar-refractivity contribution in [1.82, 2.24) is 10.2 Å². The number of thioether (sulfide) groups is 1. The number of furan rings is 1. The predicted octanol–water partition coefficient (Wildman–Crippen LogP) is 4.81. The fourth-order valence-corrected chi connectivity index (χ4v) is 3.79. The van der Waals surface area contributed by atoms with Crippen molar-refractivity contribution in [3.63, 3.8) is 0 Å². The highest BCUT2D eigenvalue weighted by atomic mass is 32.2. The minimum absolute atomic E-state index is 0.231. The molecule has 0 spiro atoms. The van der Waals surface area contributed by atoms with Crippen LogP contribution in [0.3, 0.4) is 0 Å². The number of rotatable bonds is 6. The topological polar surface area (TPSA) is 68.0 Å². The van der Waals surface area contributed by atoms with Gasteiger partial charge >= 0.3 is 0 Å². The van der Waals surface area contributed by atoms with Gasteiger partial charge in [-0.3, -0.25) is 10.1 Å². The van der Waals surface area contributed by atoms with Crippen LogP contribution in [0.5, 0.6) is 0 Å². The van der Waals surface area contributed by atoms with E-state index >= 15 is 0 Å². The quantitative estimate of drug-likeness (QED) is 0.498. The normalized spacial score (nSPS) is 11.1. The maximum Gasteiger partial charge on any atom is 0.261 e. The minimum atomic E-state index is -0.231. The first kappa shape index (κ1) is 17.4. The lowest BCUT2D eigenvalue weighted by Crippen LogP contribution is -2.11. The second-order valence-corrected chi connectivity index (χ2v) is 7.52. The largest absolute Gasteiger partial charge is 0.466 e. The maximum atomic E-state index is 12.2. The van der Waals surface area contributed by atoms with Crippen molar-refractivity contribution in [2.45, 2.75) is 18.2 Å². The molecule has 3 aromatic rings. The number of benzene rings is 1. The Labute approximate surface area is 154 Å². The summed E-state index contributed by atoms with van der Waals surface area (Å²) >= 11 is 2.94. The van der Waals surface area contributed by atoms with E-state index < -0.39 is 0 Å². The van der Waals surface area contributed by atoms with E-state index in [-0.39, 0.29) is 5.91 Å². The fourth-order valence-electron chi connectivity index (χ4n) is 2.21. The number of aromatic nitrogens is 2. The number of nitrogens with zero attached hydrogens (tertiary/aromatic N) is 2. The Bertz CT molecular complexity index is 885. The number of anilines is 1. The Morgan fingerprint density at radius 3 is 2.80 bits per heavy atom. The van der Waals surface area contributed by atoms with Crippen molar-refractivity contribution in [3.05, 3.63) is 65.1 Å². The van der Waals surface area contributed by atoms with Crippen LogP contribution in [0, 0.1) is 13.8 Å². The van der Waals surface area contributed by atoms with Crippen molar-refractivity contribution in [2.24, 2.45) is 0 Å². The van der Waals surface area contributed by atoms with Gasteiger partial charge < -0.3 is 4.42 Å². The zero-order chi connectivity index (χ0) is 17.6. The number of carbonyl (C=O) groups excluding carboxylic acids is 1. The van der Waals surface area contributed by atoms with Crippen molar-refractivity contribution >= 4 is 40.2 Å². The average molecular weight is 371 g/mol. The lowest BCUT2D eigenvalue weighted by Gasteiger charge is -1.98. The number of hydrogen-bond donors (Lipinski definition) is 1. The second kappa shape index (κ2) is 8.13. The zero-order valence-corrected chi connectivity index (χ0v) is 15.5. The summed E-state index contributed by atoms with van der Waals surface area (Å²) in [5.74, 6) is 1.87. The molecule has 0 atom stereocenters. The standard InChI is InChI=1S/C18H17N3O2S2/c1-12-11-15(13(2)23-12)16(22)19-17-20-21-18(25-17)24-10-6-9-14-7-4-3-5-8-14/h3-9,11H,10H2,1-2H3,(H,19,20,22)/b9-6+. The highest BCUT2D eigenvalue weighted by molar-refractivity contribution is 8.01. The summed E-state index contributed by atoms with van der Waals surface area (Å²) in [4.78, 5) is 12.2. The smallest absolute Gasteiger partial charge is 0.261 e. The second-order valence-electron chi connectivity index (χ2n) is 5.28. The van der Waals surface area contributed by atoms with Crippen LogP contribution >= 0.6 is 23.1 Å². The van der Waals surface area contributed by atoms with Crippen LogP contribution in [-0.4, -0.2) is 21.9 Å². The van der Waals surface area contributed by atoms with Crippen LogP contribution in [0.15, 0.2) is 51.2 Å². The van der Waals surface area contributed by atoms with E-state index in [0.29, 0.717) is 22.2 Å². The third-order valence-electron chi connectivity index (χ3n) is 3.33. The number of hydrogen-bond acceptors (Lipinski definition) is 6. The summed E-state index contributed by atoms with van der Waals surface area (Å²) < 4.78 is 6.19. The molecule has 0 unspecified atom stereocenters. The molecular weight excluding hydrogens is 354 g/mol. The molecule has 0 aliphatic heterocycles. The molecule has 25 heavy (non-hydrogen) atoms. The summed E-state index contributed by atoms with van der Waals surface area (Å²) in [5.41, 5.74) is 1.69. The van der Waals surface area contributed by atoms with Gasteiger partial charge in [0.25, 0.3) is 5.91 Å². The number of carbonyl (C=O) groups is 1. The van der Waals surface area contributed by atoms with Crippen LogP contribution in [0.4, 0.5) is 5.13 Å². The highest BCUT2D eigenvalue weighted by Crippen LogP contribution is 2.26. The monoisotopic (exact) mass is 371 g/mol. The molecule has 2 aromatic heterocycles. The minimum Gasteiger partial charge on any atom is -0.466 e. The van der Waals surface area contributed by atoms with Gasteiger partial charge in [0, 0.05) is 5.75 Å². The first-order valence-electron chi connectivity index (χ1n) is 7.68. The Kier molecular flexibility index (Phi) is 5.67. The molecule has 1 aromatic carbocycles. The first-order valence-corrected chi connectivity index (χ1v) is 9.48. The molecule has 0 radical (unpaired) electrons. The van der Waals surface area contributed by atoms with E-state index in [0.717, 1.165) is 10.1 Å². The predicted molar refractivity (Wildman–Crippen MR) is 102 cm³/mol. The van der Waals surface area contributed by atoms with Crippen LogP contribution in [0.2, 0.25) is 0 Å². The molecule has 1 N–H and O–H groups in total. The third kappa shape index (κ3) is 4.80. The molecule has 3 rings (SSSR count). The van der Waals surface area contributed by atoms with Gasteiger partial charge in [0.15, 0.2) is 4.34 Å². The molecule has 0 saturated heterocycles. The van der Waals surface area contributed by atoms with E-state index in [9.17, 15) is 4.79 Å². The van der Waals surface area contributed by atoms with E-state index in [1.54, 1.807) is 24.8 Å². The summed E-state index contributed by atoms with van der Waals surface area (Å²) in [6.07, 6.45) is 4.15. The van der Waals surface area contributed by atoms with Crippen molar-refractivity contribution < 1.29 is 9.21 Å². The molecule has 5 nitrogen and oxygen atoms in total. The van der Waals surface area contributed by atoms with Gasteiger partial charge in [-0.05, 0) is 25.5 Å².